The van der Waals surface area contributed by atoms with E-state index in [0.29, 0.717) is 21.8 Å². The van der Waals surface area contributed by atoms with Gasteiger partial charge in [-0.15, -0.1) is 11.3 Å². The topological polar surface area (TPSA) is 54.7 Å². The molecule has 0 aliphatic rings. The number of benzene rings is 1. The Morgan fingerprint density at radius 2 is 2.05 bits per heavy atom. The fraction of sp³-hybridized carbons (Fsp3) is 0. The lowest BCUT2D eigenvalue weighted by molar-refractivity contribution is 0.631. The second kappa shape index (κ2) is 4.68. The molecule has 3 aromatic rings. The van der Waals surface area contributed by atoms with Crippen LogP contribution in [0, 0.1) is 5.82 Å². The molecule has 96 valence electrons. The molecular weight excluding hydrogens is 285 g/mol. The summed E-state index contributed by atoms with van der Waals surface area (Å²) in [6.45, 7) is 0. The molecule has 2 heterocycles. The summed E-state index contributed by atoms with van der Waals surface area (Å²) in [7, 11) is 0. The second-order valence-electron chi connectivity index (χ2n) is 3.94. The lowest BCUT2D eigenvalue weighted by atomic mass is 10.0. The molecule has 0 bridgehead atoms. The van der Waals surface area contributed by atoms with Crippen molar-refractivity contribution in [1.82, 2.24) is 10.2 Å². The van der Waals surface area contributed by atoms with Gasteiger partial charge >= 0.3 is 0 Å². The molecule has 3 rings (SSSR count). The first-order chi connectivity index (χ1) is 9.18. The van der Waals surface area contributed by atoms with Crippen LogP contribution in [-0.2, 0) is 0 Å². The van der Waals surface area contributed by atoms with Crippen molar-refractivity contribution < 1.29 is 4.39 Å². The first-order valence-corrected chi connectivity index (χ1v) is 6.76. The Morgan fingerprint density at radius 1 is 1.26 bits per heavy atom. The summed E-state index contributed by atoms with van der Waals surface area (Å²) in [5.74, 6) is -0.0888. The lowest BCUT2D eigenvalue weighted by Gasteiger charge is -2.04. The minimum atomic E-state index is -0.343. The van der Waals surface area contributed by atoms with Gasteiger partial charge in [-0.2, -0.15) is 5.10 Å². The van der Waals surface area contributed by atoms with E-state index < -0.39 is 0 Å². The van der Waals surface area contributed by atoms with Gasteiger partial charge in [-0.3, -0.25) is 5.10 Å². The van der Waals surface area contributed by atoms with E-state index in [1.54, 1.807) is 24.3 Å². The van der Waals surface area contributed by atoms with Crippen LogP contribution in [0.15, 0.2) is 35.7 Å². The summed E-state index contributed by atoms with van der Waals surface area (Å²) in [4.78, 5) is 0.795. The number of thiophene rings is 1. The molecule has 0 aliphatic heterocycles. The first kappa shape index (κ1) is 12.2. The maximum absolute atomic E-state index is 13.9. The van der Waals surface area contributed by atoms with Gasteiger partial charge in [-0.25, -0.2) is 4.39 Å². The molecule has 6 heteroatoms. The van der Waals surface area contributed by atoms with E-state index in [-0.39, 0.29) is 11.6 Å². The van der Waals surface area contributed by atoms with Gasteiger partial charge in [0.25, 0.3) is 0 Å². The quantitative estimate of drug-likeness (QED) is 0.744. The average molecular weight is 294 g/mol. The lowest BCUT2D eigenvalue weighted by Crippen LogP contribution is -1.91. The first-order valence-electron chi connectivity index (χ1n) is 5.50. The molecule has 0 atom stereocenters. The highest BCUT2D eigenvalue weighted by Gasteiger charge is 2.19. The second-order valence-corrected chi connectivity index (χ2v) is 5.26. The highest BCUT2D eigenvalue weighted by Crippen LogP contribution is 2.41. The van der Waals surface area contributed by atoms with Gasteiger partial charge in [0.15, 0.2) is 5.82 Å². The summed E-state index contributed by atoms with van der Waals surface area (Å²) in [6, 6.07) is 8.23. The zero-order chi connectivity index (χ0) is 13.4. The van der Waals surface area contributed by atoms with Crippen molar-refractivity contribution in [2.24, 2.45) is 0 Å². The summed E-state index contributed by atoms with van der Waals surface area (Å²) >= 11 is 7.56. The number of hydrogen-bond donors (Lipinski definition) is 2. The number of anilines is 1. The predicted molar refractivity (Wildman–Crippen MR) is 76.7 cm³/mol. The van der Waals surface area contributed by atoms with Crippen molar-refractivity contribution in [2.75, 3.05) is 5.73 Å². The number of nitrogens with one attached hydrogen (secondary N) is 1. The molecule has 3 nitrogen and oxygen atoms in total. The maximum Gasteiger partial charge on any atom is 0.153 e. The minimum Gasteiger partial charge on any atom is -0.382 e. The van der Waals surface area contributed by atoms with E-state index in [1.165, 1.54) is 17.4 Å². The zero-order valence-electron chi connectivity index (χ0n) is 9.65. The Hall–Kier alpha value is -1.85. The van der Waals surface area contributed by atoms with Crippen LogP contribution in [0.5, 0.6) is 0 Å². The number of rotatable bonds is 2. The molecule has 0 aliphatic carbocycles. The van der Waals surface area contributed by atoms with E-state index in [2.05, 4.69) is 10.2 Å². The van der Waals surface area contributed by atoms with Gasteiger partial charge in [0.2, 0.25) is 0 Å². The predicted octanol–water partition coefficient (Wildman–Crippen LogP) is 4.18. The fourth-order valence-electron chi connectivity index (χ4n) is 1.93. The average Bonchev–Trinajstić information content (AvgIpc) is 2.96. The normalized spacial score (nSPS) is 10.8. The van der Waals surface area contributed by atoms with Crippen molar-refractivity contribution in [3.8, 4) is 21.7 Å². The molecule has 3 N–H and O–H groups in total. The number of halogens is 2. The molecule has 19 heavy (non-hydrogen) atoms. The van der Waals surface area contributed by atoms with Crippen LogP contribution in [0.25, 0.3) is 21.7 Å². The molecule has 2 aromatic heterocycles. The highest BCUT2D eigenvalue weighted by molar-refractivity contribution is 7.14. The molecule has 0 amide bonds. The summed E-state index contributed by atoms with van der Waals surface area (Å²) in [5, 5.41) is 9.24. The van der Waals surface area contributed by atoms with Gasteiger partial charge in [0.05, 0.1) is 21.2 Å². The molecule has 0 spiro atoms. The van der Waals surface area contributed by atoms with Crippen LogP contribution in [-0.4, -0.2) is 10.2 Å². The van der Waals surface area contributed by atoms with Crippen LogP contribution < -0.4 is 5.73 Å². The number of aromatic amines is 1. The Morgan fingerprint density at radius 3 is 2.74 bits per heavy atom. The van der Waals surface area contributed by atoms with E-state index in [4.69, 9.17) is 17.3 Å². The third-order valence-electron chi connectivity index (χ3n) is 2.78. The van der Waals surface area contributed by atoms with Crippen molar-refractivity contribution in [2.45, 2.75) is 0 Å². The number of nitrogen functional groups attached to an aromatic ring is 1. The van der Waals surface area contributed by atoms with E-state index in [9.17, 15) is 4.39 Å². The molecule has 0 unspecified atom stereocenters. The molecule has 0 radical (unpaired) electrons. The Balaban J connectivity index is 2.26. The number of hydrogen-bond acceptors (Lipinski definition) is 3. The van der Waals surface area contributed by atoms with Crippen LogP contribution in [0.2, 0.25) is 5.02 Å². The third-order valence-corrected chi connectivity index (χ3v) is 4.14. The van der Waals surface area contributed by atoms with Crippen molar-refractivity contribution in [3.63, 3.8) is 0 Å². The fourth-order valence-corrected chi connectivity index (χ4v) is 3.08. The molecule has 0 saturated heterocycles. The SMILES string of the molecule is Nc1n[nH]c(-c2sccc2Cl)c1-c1ccccc1F. The van der Waals surface area contributed by atoms with E-state index >= 15 is 0 Å². The number of nitrogens with two attached hydrogens (primary N) is 1. The van der Waals surface area contributed by atoms with E-state index in [1.807, 2.05) is 5.38 Å². The van der Waals surface area contributed by atoms with Crippen molar-refractivity contribution >= 4 is 28.8 Å². The molecule has 1 aromatic carbocycles. The number of H-pyrrole nitrogens is 1. The monoisotopic (exact) mass is 293 g/mol. The summed E-state index contributed by atoms with van der Waals surface area (Å²) in [5.41, 5.74) is 7.45. The van der Waals surface area contributed by atoms with Crippen LogP contribution in [0.3, 0.4) is 0 Å². The van der Waals surface area contributed by atoms with Gasteiger partial charge in [0.1, 0.15) is 5.82 Å². The minimum absolute atomic E-state index is 0.254. The van der Waals surface area contributed by atoms with Gasteiger partial charge in [-0.05, 0) is 17.5 Å². The van der Waals surface area contributed by atoms with Crippen LogP contribution >= 0.6 is 22.9 Å². The number of aromatic nitrogens is 2. The molecule has 0 saturated carbocycles. The Bertz CT molecular complexity index is 735. The van der Waals surface area contributed by atoms with Gasteiger partial charge < -0.3 is 5.73 Å². The summed E-state index contributed by atoms with van der Waals surface area (Å²) < 4.78 is 13.9. The maximum atomic E-state index is 13.9. The third kappa shape index (κ3) is 2.01. The van der Waals surface area contributed by atoms with Crippen LogP contribution in [0.4, 0.5) is 10.2 Å². The largest absolute Gasteiger partial charge is 0.382 e. The zero-order valence-corrected chi connectivity index (χ0v) is 11.2. The standard InChI is InChI=1S/C13H9ClFN3S/c14-8-5-6-19-12(8)11-10(13(16)18-17-11)7-3-1-2-4-9(7)15/h1-6H,(H3,16,17,18). The van der Waals surface area contributed by atoms with Crippen molar-refractivity contribution in [3.05, 3.63) is 46.6 Å². The van der Waals surface area contributed by atoms with E-state index in [0.717, 1.165) is 4.88 Å². The Kier molecular flexibility index (Phi) is 3.00. The molecule has 0 fully saturated rings. The van der Waals surface area contributed by atoms with Crippen molar-refractivity contribution in [1.29, 1.82) is 0 Å². The molecular formula is C13H9ClFN3S. The van der Waals surface area contributed by atoms with Crippen LogP contribution in [0.1, 0.15) is 0 Å². The highest BCUT2D eigenvalue weighted by atomic mass is 35.5. The smallest absolute Gasteiger partial charge is 0.153 e. The number of nitrogens with zero attached hydrogens (tertiary/aromatic N) is 1. The van der Waals surface area contributed by atoms with Gasteiger partial charge in [-0.1, -0.05) is 29.8 Å². The summed E-state index contributed by atoms with van der Waals surface area (Å²) in [6.07, 6.45) is 0. The Labute approximate surface area is 117 Å². The van der Waals surface area contributed by atoms with Gasteiger partial charge in [0, 0.05) is 5.56 Å².